The van der Waals surface area contributed by atoms with Gasteiger partial charge in [0.2, 0.25) is 0 Å². The van der Waals surface area contributed by atoms with Crippen LogP contribution in [-0.2, 0) is 10.9 Å². The molecule has 8 nitrogen and oxygen atoms in total. The minimum Gasteiger partial charge on any atom is -0.456 e. The van der Waals surface area contributed by atoms with E-state index >= 15 is 4.39 Å². The molecule has 246 valence electrons. The Balaban J connectivity index is 1.73. The lowest BCUT2D eigenvalue weighted by Crippen LogP contribution is -2.23. The van der Waals surface area contributed by atoms with Crippen LogP contribution in [0.1, 0.15) is 91.1 Å². The van der Waals surface area contributed by atoms with Crippen LogP contribution in [0, 0.1) is 24.0 Å². The molecule has 4 rings (SSSR count). The summed E-state index contributed by atoms with van der Waals surface area (Å²) in [6.07, 6.45) is -6.28. The molecular weight excluding hydrogens is 613 g/mol. The van der Waals surface area contributed by atoms with E-state index in [1.807, 2.05) is 20.8 Å². The fraction of sp³-hybridized carbons (Fsp3) is 0.364. The van der Waals surface area contributed by atoms with Crippen LogP contribution >= 0.6 is 0 Å². The van der Waals surface area contributed by atoms with Crippen LogP contribution in [-0.4, -0.2) is 22.9 Å². The smallest absolute Gasteiger partial charge is 0.416 e. The molecule has 1 aliphatic carbocycles. The van der Waals surface area contributed by atoms with Gasteiger partial charge in [-0.2, -0.15) is 13.2 Å². The van der Waals surface area contributed by atoms with Gasteiger partial charge in [-0.1, -0.05) is 25.9 Å². The van der Waals surface area contributed by atoms with Gasteiger partial charge in [-0.15, -0.1) is 0 Å². The van der Waals surface area contributed by atoms with Crippen molar-refractivity contribution in [2.75, 3.05) is 5.32 Å². The summed E-state index contributed by atoms with van der Waals surface area (Å²) >= 11 is 0. The standard InChI is InChI=1S/C33H34F5N3O5/c1-17-11-19(34)7-10-27(17)45-29-15-22(18-5-6-18)25(33(36,37)38)14-24(29)30(42)40-20-8-9-26(35)23(12-20)28(46-31(39)43)13-21(41-44)16-32(2,3)4/h7-12,14-15,18,28,44H,5-6,13,16H2,1-4H3,(H2,39,43)(H,40,42). The zero-order chi connectivity index (χ0) is 34.0. The molecule has 1 atom stereocenters. The monoisotopic (exact) mass is 647 g/mol. The van der Waals surface area contributed by atoms with Crippen LogP contribution in [0.25, 0.3) is 0 Å². The number of nitrogens with zero attached hydrogens (tertiary/aromatic N) is 1. The fourth-order valence-electron chi connectivity index (χ4n) is 5.08. The SMILES string of the molecule is Cc1cc(F)ccc1Oc1cc(C2CC2)c(C(F)(F)F)cc1C(=O)Nc1ccc(F)c(C(CC(CC(C)(C)C)=NO)OC(N)=O)c1. The molecule has 1 saturated carbocycles. The van der Waals surface area contributed by atoms with Crippen molar-refractivity contribution in [3.63, 3.8) is 0 Å². The van der Waals surface area contributed by atoms with E-state index in [4.69, 9.17) is 15.2 Å². The molecule has 3 aromatic carbocycles. The molecule has 0 spiro atoms. The average Bonchev–Trinajstić information content (AvgIpc) is 3.78. The maximum Gasteiger partial charge on any atom is 0.416 e. The van der Waals surface area contributed by atoms with Crippen molar-refractivity contribution < 1.29 is 46.2 Å². The van der Waals surface area contributed by atoms with Gasteiger partial charge in [0.15, 0.2) is 0 Å². The number of primary amides is 1. The number of oxime groups is 1. The molecule has 0 radical (unpaired) electrons. The first kappa shape index (κ1) is 34.2. The highest BCUT2D eigenvalue weighted by atomic mass is 19.4. The minimum atomic E-state index is -4.78. The number of ether oxygens (including phenoxy) is 2. The second kappa shape index (κ2) is 13.4. The second-order valence-corrected chi connectivity index (χ2v) is 12.4. The van der Waals surface area contributed by atoms with E-state index < -0.39 is 47.0 Å². The minimum absolute atomic E-state index is 0.0223. The van der Waals surface area contributed by atoms with Crippen molar-refractivity contribution in [2.45, 2.75) is 71.6 Å². The lowest BCUT2D eigenvalue weighted by molar-refractivity contribution is -0.138. The Morgan fingerprint density at radius 1 is 1.04 bits per heavy atom. The van der Waals surface area contributed by atoms with Crippen molar-refractivity contribution in [3.8, 4) is 11.5 Å². The van der Waals surface area contributed by atoms with Crippen LogP contribution in [0.15, 0.2) is 53.7 Å². The maximum atomic E-state index is 15.1. The summed E-state index contributed by atoms with van der Waals surface area (Å²) in [6.45, 7) is 7.16. The topological polar surface area (TPSA) is 123 Å². The Bertz CT molecular complexity index is 1660. The molecule has 3 aromatic rings. The van der Waals surface area contributed by atoms with Gasteiger partial charge in [-0.3, -0.25) is 4.79 Å². The number of carbonyl (C=O) groups excluding carboxylic acids is 2. The van der Waals surface area contributed by atoms with Gasteiger partial charge in [-0.05, 0) is 97.2 Å². The molecule has 1 fully saturated rings. The Morgan fingerprint density at radius 2 is 1.74 bits per heavy atom. The van der Waals surface area contributed by atoms with E-state index in [1.165, 1.54) is 24.3 Å². The number of halogens is 5. The maximum absolute atomic E-state index is 15.1. The molecule has 0 aromatic heterocycles. The molecule has 0 aliphatic heterocycles. The number of amides is 2. The summed E-state index contributed by atoms with van der Waals surface area (Å²) in [4.78, 5) is 25.3. The van der Waals surface area contributed by atoms with E-state index in [-0.39, 0.29) is 58.2 Å². The second-order valence-electron chi connectivity index (χ2n) is 12.4. The number of rotatable bonds is 10. The predicted octanol–water partition coefficient (Wildman–Crippen LogP) is 9.01. The van der Waals surface area contributed by atoms with Gasteiger partial charge < -0.3 is 25.7 Å². The molecule has 1 aliphatic rings. The zero-order valence-electron chi connectivity index (χ0n) is 25.6. The van der Waals surface area contributed by atoms with Gasteiger partial charge in [0.25, 0.3) is 5.91 Å². The predicted molar refractivity (Wildman–Crippen MR) is 160 cm³/mol. The van der Waals surface area contributed by atoms with Crippen LogP contribution < -0.4 is 15.8 Å². The number of nitrogens with two attached hydrogens (primary N) is 1. The normalized spacial score (nSPS) is 14.5. The van der Waals surface area contributed by atoms with E-state index in [1.54, 1.807) is 6.92 Å². The van der Waals surface area contributed by atoms with Gasteiger partial charge >= 0.3 is 12.3 Å². The Morgan fingerprint density at radius 3 is 2.30 bits per heavy atom. The third kappa shape index (κ3) is 8.73. The van der Waals surface area contributed by atoms with Crippen molar-refractivity contribution in [1.82, 2.24) is 0 Å². The molecule has 1 unspecified atom stereocenters. The quantitative estimate of drug-likeness (QED) is 0.0877. The molecule has 46 heavy (non-hydrogen) atoms. The zero-order valence-corrected chi connectivity index (χ0v) is 25.6. The van der Waals surface area contributed by atoms with E-state index in [0.29, 0.717) is 24.5 Å². The van der Waals surface area contributed by atoms with Crippen LogP contribution in [0.2, 0.25) is 0 Å². The fourth-order valence-corrected chi connectivity index (χ4v) is 5.08. The summed E-state index contributed by atoms with van der Waals surface area (Å²) in [7, 11) is 0. The highest BCUT2D eigenvalue weighted by Gasteiger charge is 2.40. The number of alkyl halides is 3. The molecular formula is C33H34F5N3O5. The Labute approximate surface area is 262 Å². The number of benzene rings is 3. The lowest BCUT2D eigenvalue weighted by Gasteiger charge is -2.23. The number of hydrogen-bond acceptors (Lipinski definition) is 6. The molecule has 2 amide bonds. The van der Waals surface area contributed by atoms with Crippen molar-refractivity contribution in [2.24, 2.45) is 16.3 Å². The summed E-state index contributed by atoms with van der Waals surface area (Å²) in [5.41, 5.74) is 3.63. The van der Waals surface area contributed by atoms with Crippen LogP contribution in [0.3, 0.4) is 0 Å². The number of hydrogen-bond donors (Lipinski definition) is 3. The van der Waals surface area contributed by atoms with E-state index in [9.17, 15) is 32.4 Å². The third-order valence-electron chi connectivity index (χ3n) is 7.23. The molecule has 0 bridgehead atoms. The highest BCUT2D eigenvalue weighted by molar-refractivity contribution is 6.06. The highest BCUT2D eigenvalue weighted by Crippen LogP contribution is 2.48. The van der Waals surface area contributed by atoms with Crippen LogP contribution in [0.5, 0.6) is 11.5 Å². The largest absolute Gasteiger partial charge is 0.456 e. The molecule has 0 saturated heterocycles. The van der Waals surface area contributed by atoms with Gasteiger partial charge in [-0.25, -0.2) is 13.6 Å². The number of nitrogens with one attached hydrogen (secondary N) is 1. The Hall–Kier alpha value is -4.68. The third-order valence-corrected chi connectivity index (χ3v) is 7.23. The molecule has 4 N–H and O–H groups in total. The lowest BCUT2D eigenvalue weighted by atomic mass is 9.87. The average molecular weight is 648 g/mol. The first-order valence-electron chi connectivity index (χ1n) is 14.4. The number of carbonyl (C=O) groups is 2. The first-order valence-corrected chi connectivity index (χ1v) is 14.4. The molecule has 13 heteroatoms. The number of aryl methyl sites for hydroxylation is 1. The Kier molecular flexibility index (Phi) is 9.93. The summed E-state index contributed by atoms with van der Waals surface area (Å²) in [6, 6.07) is 8.76. The van der Waals surface area contributed by atoms with Crippen molar-refractivity contribution in [1.29, 1.82) is 0 Å². The summed E-state index contributed by atoms with van der Waals surface area (Å²) < 4.78 is 82.3. The van der Waals surface area contributed by atoms with Gasteiger partial charge in [0.05, 0.1) is 16.8 Å². The van der Waals surface area contributed by atoms with Crippen molar-refractivity contribution in [3.05, 3.63) is 88.0 Å². The van der Waals surface area contributed by atoms with Crippen LogP contribution in [0.4, 0.5) is 32.4 Å². The summed E-state index contributed by atoms with van der Waals surface area (Å²) in [5.74, 6) is -2.83. The number of anilines is 1. The van der Waals surface area contributed by atoms with E-state index in [0.717, 1.165) is 18.2 Å². The summed E-state index contributed by atoms with van der Waals surface area (Å²) in [5, 5.41) is 15.3. The molecule has 0 heterocycles. The van der Waals surface area contributed by atoms with Gasteiger partial charge in [0, 0.05) is 17.7 Å². The van der Waals surface area contributed by atoms with E-state index in [2.05, 4.69) is 10.5 Å². The van der Waals surface area contributed by atoms with Gasteiger partial charge in [0.1, 0.15) is 29.2 Å². The first-order chi connectivity index (χ1) is 21.4. The van der Waals surface area contributed by atoms with Crippen molar-refractivity contribution >= 4 is 23.4 Å².